The molecule has 1 unspecified atom stereocenters. The molecule has 0 bridgehead atoms. The van der Waals surface area contributed by atoms with Gasteiger partial charge >= 0.3 is 0 Å². The third-order valence-corrected chi connectivity index (χ3v) is 3.34. The molecule has 0 radical (unpaired) electrons. The van der Waals surface area contributed by atoms with Gasteiger partial charge in [-0.2, -0.15) is 0 Å². The highest BCUT2D eigenvalue weighted by Crippen LogP contribution is 2.33. The zero-order valence-electron chi connectivity index (χ0n) is 9.68. The van der Waals surface area contributed by atoms with Crippen LogP contribution >= 0.6 is 0 Å². The lowest BCUT2D eigenvalue weighted by Gasteiger charge is -2.22. The highest BCUT2D eigenvalue weighted by Gasteiger charge is 2.23. The first kappa shape index (κ1) is 12.0. The van der Waals surface area contributed by atoms with Crippen LogP contribution < -0.4 is 5.32 Å². The van der Waals surface area contributed by atoms with E-state index in [1.165, 1.54) is 32.1 Å². The second-order valence-corrected chi connectivity index (χ2v) is 5.32. The Hall–Kier alpha value is -0.0800. The van der Waals surface area contributed by atoms with E-state index in [1.54, 1.807) is 0 Å². The molecule has 2 N–H and O–H groups in total. The molecule has 1 saturated carbocycles. The highest BCUT2D eigenvalue weighted by atomic mass is 16.3. The van der Waals surface area contributed by atoms with Crippen LogP contribution in [0.1, 0.15) is 52.4 Å². The van der Waals surface area contributed by atoms with E-state index in [0.29, 0.717) is 18.1 Å². The maximum atomic E-state index is 8.69. The first-order chi connectivity index (χ1) is 6.64. The molecule has 2 heteroatoms. The van der Waals surface area contributed by atoms with Crippen LogP contribution in [0.2, 0.25) is 0 Å². The molecule has 1 atom stereocenters. The number of hydrogen-bond donors (Lipinski definition) is 2. The Morgan fingerprint density at radius 2 is 2.07 bits per heavy atom. The molecule has 2 nitrogen and oxygen atoms in total. The average Bonchev–Trinajstić information content (AvgIpc) is 2.28. The minimum absolute atomic E-state index is 0.311. The monoisotopic (exact) mass is 199 g/mol. The Labute approximate surface area is 88.1 Å². The molecule has 0 aromatic rings. The van der Waals surface area contributed by atoms with Crippen LogP contribution in [0.15, 0.2) is 0 Å². The third-order valence-electron chi connectivity index (χ3n) is 3.34. The van der Waals surface area contributed by atoms with Crippen LogP contribution in [-0.2, 0) is 0 Å². The van der Waals surface area contributed by atoms with Gasteiger partial charge in [0.15, 0.2) is 0 Å². The number of aliphatic hydroxyl groups is 1. The van der Waals surface area contributed by atoms with Crippen molar-refractivity contribution in [2.45, 2.75) is 58.4 Å². The highest BCUT2D eigenvalue weighted by molar-refractivity contribution is 4.79. The van der Waals surface area contributed by atoms with E-state index in [4.69, 9.17) is 5.11 Å². The van der Waals surface area contributed by atoms with E-state index >= 15 is 0 Å². The van der Waals surface area contributed by atoms with Crippen LogP contribution in [0.5, 0.6) is 0 Å². The van der Waals surface area contributed by atoms with Crippen LogP contribution in [0.3, 0.4) is 0 Å². The maximum Gasteiger partial charge on any atom is 0.0443 e. The van der Waals surface area contributed by atoms with E-state index in [-0.39, 0.29) is 0 Å². The van der Waals surface area contributed by atoms with Gasteiger partial charge in [0.1, 0.15) is 0 Å². The molecule has 0 aliphatic heterocycles. The minimum atomic E-state index is 0.311. The van der Waals surface area contributed by atoms with Gasteiger partial charge in [-0.3, -0.25) is 0 Å². The second kappa shape index (κ2) is 5.72. The van der Waals surface area contributed by atoms with E-state index in [1.807, 2.05) is 0 Å². The topological polar surface area (TPSA) is 32.3 Å². The van der Waals surface area contributed by atoms with Crippen LogP contribution in [0.4, 0.5) is 0 Å². The van der Waals surface area contributed by atoms with E-state index in [0.717, 1.165) is 13.0 Å². The number of nitrogens with one attached hydrogen (secondary N) is 1. The Bertz CT molecular complexity index is 156. The standard InChI is InChI=1S/C12H25NO/c1-12(2)7-3-5-11(6-8-12)13-9-4-10-14/h11,13-14H,3-10H2,1-2H3. The summed E-state index contributed by atoms with van der Waals surface area (Å²) < 4.78 is 0. The summed E-state index contributed by atoms with van der Waals surface area (Å²) in [5.41, 5.74) is 0.549. The van der Waals surface area contributed by atoms with Crippen molar-refractivity contribution >= 4 is 0 Å². The fraction of sp³-hybridized carbons (Fsp3) is 1.00. The molecule has 0 spiro atoms. The molecular weight excluding hydrogens is 174 g/mol. The second-order valence-electron chi connectivity index (χ2n) is 5.32. The van der Waals surface area contributed by atoms with Crippen molar-refractivity contribution in [3.63, 3.8) is 0 Å². The summed E-state index contributed by atoms with van der Waals surface area (Å²) in [6, 6.07) is 0.698. The lowest BCUT2D eigenvalue weighted by Crippen LogP contribution is -2.30. The summed E-state index contributed by atoms with van der Waals surface area (Å²) in [7, 11) is 0. The minimum Gasteiger partial charge on any atom is -0.396 e. The first-order valence-electron chi connectivity index (χ1n) is 5.98. The molecule has 0 saturated heterocycles. The zero-order valence-corrected chi connectivity index (χ0v) is 9.68. The molecule has 0 amide bonds. The quantitative estimate of drug-likeness (QED) is 0.538. The van der Waals surface area contributed by atoms with Crippen molar-refractivity contribution in [3.05, 3.63) is 0 Å². The van der Waals surface area contributed by atoms with E-state index in [2.05, 4.69) is 19.2 Å². The van der Waals surface area contributed by atoms with Crippen LogP contribution in [0, 0.1) is 5.41 Å². The predicted molar refractivity (Wildman–Crippen MR) is 60.4 cm³/mol. The summed E-state index contributed by atoms with van der Waals surface area (Å²) >= 11 is 0. The largest absolute Gasteiger partial charge is 0.396 e. The SMILES string of the molecule is CC1(C)CCCC(NCCCO)CC1. The lowest BCUT2D eigenvalue weighted by molar-refractivity contribution is 0.279. The predicted octanol–water partition coefficient (Wildman–Crippen LogP) is 2.32. The smallest absolute Gasteiger partial charge is 0.0443 e. The van der Waals surface area contributed by atoms with Gasteiger partial charge in [0.25, 0.3) is 0 Å². The Kier molecular flexibility index (Phi) is 4.90. The van der Waals surface area contributed by atoms with Gasteiger partial charge in [-0.05, 0) is 44.1 Å². The molecule has 1 rings (SSSR count). The molecule has 14 heavy (non-hydrogen) atoms. The normalized spacial score (nSPS) is 27.2. The number of aliphatic hydroxyl groups excluding tert-OH is 1. The van der Waals surface area contributed by atoms with E-state index < -0.39 is 0 Å². The van der Waals surface area contributed by atoms with Gasteiger partial charge in [-0.25, -0.2) is 0 Å². The first-order valence-corrected chi connectivity index (χ1v) is 5.98. The third kappa shape index (κ3) is 4.43. The van der Waals surface area contributed by atoms with Gasteiger partial charge in [0.2, 0.25) is 0 Å². The van der Waals surface area contributed by atoms with Gasteiger partial charge in [0, 0.05) is 12.6 Å². The van der Waals surface area contributed by atoms with Crippen LogP contribution in [0.25, 0.3) is 0 Å². The summed E-state index contributed by atoms with van der Waals surface area (Å²) in [5.74, 6) is 0. The van der Waals surface area contributed by atoms with Crippen molar-refractivity contribution in [1.82, 2.24) is 5.32 Å². The summed E-state index contributed by atoms with van der Waals surface area (Å²) in [6.45, 7) is 6.04. The van der Waals surface area contributed by atoms with Crippen molar-refractivity contribution in [1.29, 1.82) is 0 Å². The molecule has 0 aromatic heterocycles. The van der Waals surface area contributed by atoms with Crippen molar-refractivity contribution < 1.29 is 5.11 Å². The maximum absolute atomic E-state index is 8.69. The number of rotatable bonds is 4. The van der Waals surface area contributed by atoms with Crippen molar-refractivity contribution in [2.75, 3.05) is 13.2 Å². The molecule has 1 aliphatic rings. The fourth-order valence-electron chi connectivity index (χ4n) is 2.25. The summed E-state index contributed by atoms with van der Waals surface area (Å²) in [5, 5.41) is 12.2. The van der Waals surface area contributed by atoms with Crippen molar-refractivity contribution in [2.24, 2.45) is 5.41 Å². The van der Waals surface area contributed by atoms with Gasteiger partial charge < -0.3 is 10.4 Å². The molecule has 1 fully saturated rings. The summed E-state index contributed by atoms with van der Waals surface area (Å²) in [4.78, 5) is 0. The van der Waals surface area contributed by atoms with Crippen LogP contribution in [-0.4, -0.2) is 24.3 Å². The molecule has 0 heterocycles. The lowest BCUT2D eigenvalue weighted by atomic mass is 9.85. The molecule has 84 valence electrons. The number of hydrogen-bond acceptors (Lipinski definition) is 2. The Morgan fingerprint density at radius 3 is 2.79 bits per heavy atom. The Morgan fingerprint density at radius 1 is 1.29 bits per heavy atom. The van der Waals surface area contributed by atoms with Gasteiger partial charge in [-0.15, -0.1) is 0 Å². The zero-order chi connectivity index (χ0) is 10.4. The summed E-state index contributed by atoms with van der Waals surface area (Å²) in [6.07, 6.45) is 7.56. The molecular formula is C12H25NO. The van der Waals surface area contributed by atoms with Gasteiger partial charge in [0.05, 0.1) is 0 Å². The molecule has 0 aromatic carbocycles. The van der Waals surface area contributed by atoms with Gasteiger partial charge in [-0.1, -0.05) is 20.3 Å². The van der Waals surface area contributed by atoms with E-state index in [9.17, 15) is 0 Å². The fourth-order valence-corrected chi connectivity index (χ4v) is 2.25. The van der Waals surface area contributed by atoms with Crippen molar-refractivity contribution in [3.8, 4) is 0 Å². The Balaban J connectivity index is 2.21. The molecule has 1 aliphatic carbocycles. The average molecular weight is 199 g/mol.